The van der Waals surface area contributed by atoms with E-state index in [9.17, 15) is 0 Å². The SMILES string of the molecule is CC(C)Oc1ccnc(N2CCCCC2CN)n1. The Morgan fingerprint density at radius 2 is 2.33 bits per heavy atom. The molecule has 1 aromatic heterocycles. The third kappa shape index (κ3) is 3.10. The van der Waals surface area contributed by atoms with Gasteiger partial charge < -0.3 is 15.4 Å². The minimum absolute atomic E-state index is 0.124. The predicted octanol–water partition coefficient (Wildman–Crippen LogP) is 1.58. The molecule has 2 N–H and O–H groups in total. The number of aromatic nitrogens is 2. The summed E-state index contributed by atoms with van der Waals surface area (Å²) in [5.74, 6) is 1.37. The fourth-order valence-corrected chi connectivity index (χ4v) is 2.29. The van der Waals surface area contributed by atoms with Crippen molar-refractivity contribution in [3.63, 3.8) is 0 Å². The largest absolute Gasteiger partial charge is 0.475 e. The third-order valence-corrected chi connectivity index (χ3v) is 3.13. The van der Waals surface area contributed by atoms with Crippen molar-refractivity contribution in [1.29, 1.82) is 0 Å². The summed E-state index contributed by atoms with van der Waals surface area (Å²) in [6, 6.07) is 2.15. The van der Waals surface area contributed by atoms with Gasteiger partial charge in [-0.3, -0.25) is 0 Å². The molecule has 1 aliphatic heterocycles. The van der Waals surface area contributed by atoms with Crippen LogP contribution in [-0.4, -0.2) is 35.2 Å². The lowest BCUT2D eigenvalue weighted by Gasteiger charge is -2.35. The third-order valence-electron chi connectivity index (χ3n) is 3.13. The van der Waals surface area contributed by atoms with Crippen LogP contribution in [0.1, 0.15) is 33.1 Å². The van der Waals surface area contributed by atoms with Gasteiger partial charge in [0.1, 0.15) is 0 Å². The summed E-state index contributed by atoms with van der Waals surface area (Å²) in [6.07, 6.45) is 5.41. The second-order valence-corrected chi connectivity index (χ2v) is 4.94. The van der Waals surface area contributed by atoms with E-state index in [-0.39, 0.29) is 6.10 Å². The summed E-state index contributed by atoms with van der Waals surface area (Å²) in [4.78, 5) is 11.0. The molecule has 100 valence electrons. The fraction of sp³-hybridized carbons (Fsp3) is 0.692. The van der Waals surface area contributed by atoms with Crippen LogP contribution in [0.3, 0.4) is 0 Å². The highest BCUT2D eigenvalue weighted by Gasteiger charge is 2.23. The van der Waals surface area contributed by atoms with Crippen LogP contribution in [0.5, 0.6) is 5.88 Å². The number of rotatable bonds is 4. The zero-order valence-corrected chi connectivity index (χ0v) is 11.2. The lowest BCUT2D eigenvalue weighted by Crippen LogP contribution is -2.45. The number of nitrogens with zero attached hydrogens (tertiary/aromatic N) is 3. The molecule has 0 aromatic carbocycles. The van der Waals surface area contributed by atoms with Crippen molar-refractivity contribution in [2.45, 2.75) is 45.3 Å². The molecule has 18 heavy (non-hydrogen) atoms. The van der Waals surface area contributed by atoms with Crippen molar-refractivity contribution < 1.29 is 4.74 Å². The Balaban J connectivity index is 2.15. The lowest BCUT2D eigenvalue weighted by molar-refractivity contribution is 0.232. The minimum atomic E-state index is 0.124. The quantitative estimate of drug-likeness (QED) is 0.879. The molecule has 5 nitrogen and oxygen atoms in total. The maximum Gasteiger partial charge on any atom is 0.228 e. The topological polar surface area (TPSA) is 64.3 Å². The van der Waals surface area contributed by atoms with E-state index in [1.807, 2.05) is 13.8 Å². The molecule has 2 rings (SSSR count). The van der Waals surface area contributed by atoms with Crippen LogP contribution in [0.2, 0.25) is 0 Å². The Bertz CT molecular complexity index is 383. The average molecular weight is 250 g/mol. The molecule has 1 unspecified atom stereocenters. The summed E-state index contributed by atoms with van der Waals surface area (Å²) in [5, 5.41) is 0. The van der Waals surface area contributed by atoms with Gasteiger partial charge in [-0.25, -0.2) is 4.98 Å². The monoisotopic (exact) mass is 250 g/mol. The first-order valence-electron chi connectivity index (χ1n) is 6.67. The van der Waals surface area contributed by atoms with Crippen LogP contribution in [0.25, 0.3) is 0 Å². The van der Waals surface area contributed by atoms with Gasteiger partial charge in [0.25, 0.3) is 0 Å². The molecule has 2 heterocycles. The first-order chi connectivity index (χ1) is 8.70. The highest BCUT2D eigenvalue weighted by Crippen LogP contribution is 2.22. The predicted molar refractivity (Wildman–Crippen MR) is 71.8 cm³/mol. The Labute approximate surface area is 108 Å². The first kappa shape index (κ1) is 13.1. The number of hydrogen-bond donors (Lipinski definition) is 1. The molecule has 0 bridgehead atoms. The summed E-state index contributed by atoms with van der Waals surface area (Å²) < 4.78 is 5.61. The number of piperidine rings is 1. The molecule has 1 saturated heterocycles. The number of ether oxygens (including phenoxy) is 1. The fourth-order valence-electron chi connectivity index (χ4n) is 2.29. The zero-order valence-electron chi connectivity index (χ0n) is 11.2. The highest BCUT2D eigenvalue weighted by atomic mass is 16.5. The number of nitrogens with two attached hydrogens (primary N) is 1. The maximum absolute atomic E-state index is 5.82. The van der Waals surface area contributed by atoms with Crippen molar-refractivity contribution in [3.8, 4) is 5.88 Å². The van der Waals surface area contributed by atoms with Gasteiger partial charge >= 0.3 is 0 Å². The van der Waals surface area contributed by atoms with Crippen molar-refractivity contribution in [1.82, 2.24) is 9.97 Å². The van der Waals surface area contributed by atoms with Gasteiger partial charge in [0.15, 0.2) is 0 Å². The van der Waals surface area contributed by atoms with Crippen LogP contribution in [0.15, 0.2) is 12.3 Å². The van der Waals surface area contributed by atoms with E-state index in [0.29, 0.717) is 18.5 Å². The maximum atomic E-state index is 5.82. The summed E-state index contributed by atoms with van der Waals surface area (Å²) >= 11 is 0. The first-order valence-corrected chi connectivity index (χ1v) is 6.67. The molecule has 1 aliphatic rings. The van der Waals surface area contributed by atoms with Gasteiger partial charge in [-0.15, -0.1) is 0 Å². The molecule has 0 aliphatic carbocycles. The Kier molecular flexibility index (Phi) is 4.36. The van der Waals surface area contributed by atoms with E-state index in [0.717, 1.165) is 18.9 Å². The van der Waals surface area contributed by atoms with Crippen molar-refractivity contribution in [2.75, 3.05) is 18.0 Å². The van der Waals surface area contributed by atoms with E-state index < -0.39 is 0 Å². The lowest BCUT2D eigenvalue weighted by atomic mass is 10.0. The van der Waals surface area contributed by atoms with Gasteiger partial charge in [-0.2, -0.15) is 4.98 Å². The number of anilines is 1. The van der Waals surface area contributed by atoms with Crippen molar-refractivity contribution in [2.24, 2.45) is 5.73 Å². The smallest absolute Gasteiger partial charge is 0.228 e. The highest BCUT2D eigenvalue weighted by molar-refractivity contribution is 5.34. The van der Waals surface area contributed by atoms with Gasteiger partial charge in [-0.1, -0.05) is 0 Å². The van der Waals surface area contributed by atoms with Crippen molar-refractivity contribution in [3.05, 3.63) is 12.3 Å². The van der Waals surface area contributed by atoms with Crippen molar-refractivity contribution >= 4 is 5.95 Å². The average Bonchev–Trinajstić information content (AvgIpc) is 2.38. The number of hydrogen-bond acceptors (Lipinski definition) is 5. The van der Waals surface area contributed by atoms with E-state index in [1.54, 1.807) is 12.3 Å². The molecular weight excluding hydrogens is 228 g/mol. The molecule has 1 fully saturated rings. The van der Waals surface area contributed by atoms with E-state index in [2.05, 4.69) is 14.9 Å². The van der Waals surface area contributed by atoms with Crippen LogP contribution in [0.4, 0.5) is 5.95 Å². The Morgan fingerprint density at radius 1 is 1.50 bits per heavy atom. The van der Waals surface area contributed by atoms with Crippen LogP contribution < -0.4 is 15.4 Å². The molecule has 5 heteroatoms. The zero-order chi connectivity index (χ0) is 13.0. The van der Waals surface area contributed by atoms with Gasteiger partial charge in [0.2, 0.25) is 11.8 Å². The summed E-state index contributed by atoms with van der Waals surface area (Å²) in [7, 11) is 0. The van der Waals surface area contributed by atoms with E-state index in [1.165, 1.54) is 12.8 Å². The molecule has 0 saturated carbocycles. The molecule has 1 aromatic rings. The van der Waals surface area contributed by atoms with Gasteiger partial charge in [0.05, 0.1) is 6.10 Å². The second kappa shape index (κ2) is 6.00. The molecule has 1 atom stereocenters. The molecule has 0 spiro atoms. The molecule has 0 radical (unpaired) electrons. The summed E-state index contributed by atoms with van der Waals surface area (Å²) in [5.41, 5.74) is 5.82. The Morgan fingerprint density at radius 3 is 3.06 bits per heavy atom. The summed E-state index contributed by atoms with van der Waals surface area (Å²) in [6.45, 7) is 5.61. The van der Waals surface area contributed by atoms with Crippen LogP contribution >= 0.6 is 0 Å². The normalized spacial score (nSPS) is 20.2. The standard InChI is InChI=1S/C13H22N4O/c1-10(2)18-12-6-7-15-13(16-12)17-8-4-3-5-11(17)9-14/h6-7,10-11H,3-5,8-9,14H2,1-2H3. The van der Waals surface area contributed by atoms with Gasteiger partial charge in [-0.05, 0) is 33.1 Å². The Hall–Kier alpha value is -1.36. The molecular formula is C13H22N4O. The minimum Gasteiger partial charge on any atom is -0.475 e. The second-order valence-electron chi connectivity index (χ2n) is 4.94. The van der Waals surface area contributed by atoms with E-state index in [4.69, 9.17) is 10.5 Å². The molecule has 0 amide bonds. The van der Waals surface area contributed by atoms with Crippen LogP contribution in [0, 0.1) is 0 Å². The van der Waals surface area contributed by atoms with E-state index >= 15 is 0 Å². The van der Waals surface area contributed by atoms with Gasteiger partial charge in [0, 0.05) is 31.4 Å². The van der Waals surface area contributed by atoms with Crippen LogP contribution in [-0.2, 0) is 0 Å².